The SMILES string of the molecule is c1ccc(-c2nc(-c3ccccc3)nc(-c3ccc4c(c3)Sc3c(ccc5ccccc35)C43c4ccccc4-c4ccccc43)n2)cc1. The van der Waals surface area contributed by atoms with E-state index in [-0.39, 0.29) is 0 Å². The second-order valence-corrected chi connectivity index (χ2v) is 13.4. The maximum absolute atomic E-state index is 5.07. The number of fused-ring (bicyclic) bond motifs is 11. The second kappa shape index (κ2) is 10.6. The molecule has 2 heterocycles. The van der Waals surface area contributed by atoms with E-state index in [2.05, 4.69) is 127 Å². The normalized spacial score (nSPS) is 13.5. The smallest absolute Gasteiger partial charge is 0.164 e. The van der Waals surface area contributed by atoms with Crippen LogP contribution in [0.5, 0.6) is 0 Å². The molecule has 0 radical (unpaired) electrons. The summed E-state index contributed by atoms with van der Waals surface area (Å²) in [4.78, 5) is 17.6. The third-order valence-electron chi connectivity index (χ3n) is 9.79. The van der Waals surface area contributed by atoms with E-state index in [0.29, 0.717) is 17.5 Å². The van der Waals surface area contributed by atoms with Gasteiger partial charge in [-0.15, -0.1) is 0 Å². The minimum Gasteiger partial charge on any atom is -0.208 e. The van der Waals surface area contributed by atoms with E-state index < -0.39 is 5.41 Å². The first-order valence-electron chi connectivity index (χ1n) is 16.2. The Labute approximate surface area is 283 Å². The Morgan fingerprint density at radius 1 is 0.396 bits per heavy atom. The van der Waals surface area contributed by atoms with Gasteiger partial charge in [0.2, 0.25) is 0 Å². The van der Waals surface area contributed by atoms with Gasteiger partial charge in [-0.3, -0.25) is 0 Å². The minimum absolute atomic E-state index is 0.449. The van der Waals surface area contributed by atoms with Crippen molar-refractivity contribution in [3.63, 3.8) is 0 Å². The van der Waals surface area contributed by atoms with E-state index in [1.807, 2.05) is 48.2 Å². The molecule has 8 aromatic rings. The van der Waals surface area contributed by atoms with E-state index in [9.17, 15) is 0 Å². The van der Waals surface area contributed by atoms with Crippen LogP contribution in [0.1, 0.15) is 22.3 Å². The molecule has 2 aliphatic rings. The van der Waals surface area contributed by atoms with E-state index in [0.717, 1.165) is 16.7 Å². The van der Waals surface area contributed by atoms with Crippen molar-refractivity contribution in [2.45, 2.75) is 15.2 Å². The third kappa shape index (κ3) is 3.93. The molecule has 1 spiro atoms. The average molecular weight is 630 g/mol. The molecular weight excluding hydrogens is 603 g/mol. The highest BCUT2D eigenvalue weighted by Crippen LogP contribution is 2.63. The van der Waals surface area contributed by atoms with Gasteiger partial charge in [0.1, 0.15) is 0 Å². The summed E-state index contributed by atoms with van der Waals surface area (Å²) >= 11 is 1.86. The lowest BCUT2D eigenvalue weighted by molar-refractivity contribution is 0.726. The zero-order valence-corrected chi connectivity index (χ0v) is 26.7. The van der Waals surface area contributed by atoms with Gasteiger partial charge in [0.05, 0.1) is 5.41 Å². The van der Waals surface area contributed by atoms with E-state index >= 15 is 0 Å². The average Bonchev–Trinajstić information content (AvgIpc) is 3.46. The molecule has 0 saturated heterocycles. The van der Waals surface area contributed by atoms with Gasteiger partial charge in [-0.25, -0.2) is 15.0 Å². The fraction of sp³-hybridized carbons (Fsp3) is 0.0227. The number of hydrogen-bond acceptors (Lipinski definition) is 4. The number of benzene rings is 7. The van der Waals surface area contributed by atoms with Crippen molar-refractivity contribution in [1.82, 2.24) is 15.0 Å². The Hall–Kier alpha value is -5.84. The Morgan fingerprint density at radius 2 is 0.917 bits per heavy atom. The van der Waals surface area contributed by atoms with Crippen LogP contribution in [-0.2, 0) is 5.41 Å². The highest BCUT2D eigenvalue weighted by molar-refractivity contribution is 7.99. The standard InChI is InChI=1S/C44H27N3S/c1-3-14-29(15-4-1)41-45-42(30-16-5-2-6-17-30)47-43(46-41)31-24-25-37-39(27-31)48-40-32-18-8-7-13-28(32)23-26-38(40)44(37)35-21-11-9-19-33(35)34-20-10-12-22-36(34)44/h1-27H. The molecule has 0 saturated carbocycles. The first-order valence-corrected chi connectivity index (χ1v) is 17.0. The zero-order chi connectivity index (χ0) is 31.7. The number of rotatable bonds is 3. The lowest BCUT2D eigenvalue weighted by Gasteiger charge is -2.40. The van der Waals surface area contributed by atoms with Gasteiger partial charge < -0.3 is 0 Å². The quantitative estimate of drug-likeness (QED) is 0.195. The summed E-state index contributed by atoms with van der Waals surface area (Å²) in [6.45, 7) is 0. The number of hydrogen-bond donors (Lipinski definition) is 0. The Balaban J connectivity index is 1.25. The predicted molar refractivity (Wildman–Crippen MR) is 195 cm³/mol. The molecule has 224 valence electrons. The van der Waals surface area contributed by atoms with Crippen LogP contribution in [0, 0.1) is 0 Å². The van der Waals surface area contributed by atoms with Crippen molar-refractivity contribution in [2.24, 2.45) is 0 Å². The first-order chi connectivity index (χ1) is 23.8. The summed E-state index contributed by atoms with van der Waals surface area (Å²) in [5, 5.41) is 2.52. The maximum Gasteiger partial charge on any atom is 0.164 e. The summed E-state index contributed by atoms with van der Waals surface area (Å²) in [7, 11) is 0. The number of aromatic nitrogens is 3. The van der Waals surface area contributed by atoms with E-state index in [1.165, 1.54) is 53.9 Å². The Bertz CT molecular complexity index is 2440. The van der Waals surface area contributed by atoms with Crippen molar-refractivity contribution in [3.05, 3.63) is 186 Å². The van der Waals surface area contributed by atoms with Gasteiger partial charge in [0.15, 0.2) is 17.5 Å². The molecule has 0 amide bonds. The van der Waals surface area contributed by atoms with Gasteiger partial charge in [0.25, 0.3) is 0 Å². The first kappa shape index (κ1) is 27.3. The zero-order valence-electron chi connectivity index (χ0n) is 25.8. The molecule has 0 bridgehead atoms. The van der Waals surface area contributed by atoms with Crippen molar-refractivity contribution in [1.29, 1.82) is 0 Å². The van der Waals surface area contributed by atoms with Crippen LogP contribution in [0.25, 0.3) is 56.1 Å². The summed E-state index contributed by atoms with van der Waals surface area (Å²) in [5.74, 6) is 1.99. The molecule has 3 nitrogen and oxygen atoms in total. The molecule has 0 N–H and O–H groups in total. The molecule has 0 fully saturated rings. The molecular formula is C44H27N3S. The van der Waals surface area contributed by atoms with Gasteiger partial charge >= 0.3 is 0 Å². The second-order valence-electron chi connectivity index (χ2n) is 12.4. The molecule has 10 rings (SSSR count). The fourth-order valence-electron chi connectivity index (χ4n) is 7.71. The predicted octanol–water partition coefficient (Wildman–Crippen LogP) is 10.9. The van der Waals surface area contributed by atoms with Crippen LogP contribution >= 0.6 is 11.8 Å². The number of nitrogens with zero attached hydrogens (tertiary/aromatic N) is 3. The van der Waals surface area contributed by atoms with Gasteiger partial charge in [-0.1, -0.05) is 169 Å². The van der Waals surface area contributed by atoms with Crippen LogP contribution in [-0.4, -0.2) is 15.0 Å². The molecule has 7 aromatic carbocycles. The molecule has 48 heavy (non-hydrogen) atoms. The van der Waals surface area contributed by atoms with Crippen LogP contribution in [0.4, 0.5) is 0 Å². The van der Waals surface area contributed by atoms with E-state index in [4.69, 9.17) is 15.0 Å². The van der Waals surface area contributed by atoms with Crippen LogP contribution in [0.15, 0.2) is 174 Å². The topological polar surface area (TPSA) is 38.7 Å². The Morgan fingerprint density at radius 3 is 1.56 bits per heavy atom. The third-order valence-corrected chi connectivity index (χ3v) is 11.0. The molecule has 1 aliphatic heterocycles. The van der Waals surface area contributed by atoms with Crippen LogP contribution < -0.4 is 0 Å². The highest BCUT2D eigenvalue weighted by atomic mass is 32.2. The minimum atomic E-state index is -0.449. The fourth-order valence-corrected chi connectivity index (χ4v) is 9.08. The maximum atomic E-state index is 5.07. The summed E-state index contributed by atoms with van der Waals surface area (Å²) in [6.07, 6.45) is 0. The van der Waals surface area contributed by atoms with E-state index in [1.54, 1.807) is 0 Å². The van der Waals surface area contributed by atoms with Crippen molar-refractivity contribution in [2.75, 3.05) is 0 Å². The van der Waals surface area contributed by atoms with Gasteiger partial charge in [-0.2, -0.15) is 0 Å². The van der Waals surface area contributed by atoms with Crippen molar-refractivity contribution < 1.29 is 0 Å². The summed E-state index contributed by atoms with van der Waals surface area (Å²) in [6, 6.07) is 58.5. The van der Waals surface area contributed by atoms with Gasteiger partial charge in [-0.05, 0) is 50.2 Å². The highest BCUT2D eigenvalue weighted by Gasteiger charge is 2.50. The summed E-state index contributed by atoms with van der Waals surface area (Å²) < 4.78 is 0. The largest absolute Gasteiger partial charge is 0.208 e. The molecule has 0 atom stereocenters. The molecule has 1 aliphatic carbocycles. The Kier molecular flexibility index (Phi) is 6.02. The van der Waals surface area contributed by atoms with Crippen molar-refractivity contribution in [3.8, 4) is 45.3 Å². The molecule has 4 heteroatoms. The molecule has 1 aromatic heterocycles. The summed E-state index contributed by atoms with van der Waals surface area (Å²) in [5.41, 5.74) is 10.3. The lowest BCUT2D eigenvalue weighted by atomic mass is 9.67. The van der Waals surface area contributed by atoms with Crippen LogP contribution in [0.3, 0.4) is 0 Å². The lowest BCUT2D eigenvalue weighted by Crippen LogP contribution is -2.32. The molecule has 0 unspecified atom stereocenters. The van der Waals surface area contributed by atoms with Crippen LogP contribution in [0.2, 0.25) is 0 Å². The monoisotopic (exact) mass is 629 g/mol. The van der Waals surface area contributed by atoms with Crippen molar-refractivity contribution >= 4 is 22.5 Å². The van der Waals surface area contributed by atoms with Gasteiger partial charge in [0, 0.05) is 26.5 Å².